The van der Waals surface area contributed by atoms with Crippen molar-refractivity contribution in [1.82, 2.24) is 5.32 Å². The van der Waals surface area contributed by atoms with E-state index in [2.05, 4.69) is 21.2 Å². The smallest absolute Gasteiger partial charge is 0.225 e. The van der Waals surface area contributed by atoms with Gasteiger partial charge in [0.05, 0.1) is 12.5 Å². The molecular formula is C16H21BrN2O2. The van der Waals surface area contributed by atoms with Crippen LogP contribution in [0, 0.1) is 17.8 Å². The van der Waals surface area contributed by atoms with Crippen LogP contribution in [-0.4, -0.2) is 25.1 Å². The summed E-state index contributed by atoms with van der Waals surface area (Å²) in [7, 11) is 0. The zero-order chi connectivity index (χ0) is 14.8. The quantitative estimate of drug-likeness (QED) is 0.799. The fraction of sp³-hybridized carbons (Fsp3) is 0.562. The summed E-state index contributed by atoms with van der Waals surface area (Å²) in [6.45, 7) is 0.999. The first-order valence-corrected chi connectivity index (χ1v) is 8.36. The molecule has 4 nitrogen and oxygen atoms in total. The lowest BCUT2D eigenvalue weighted by Gasteiger charge is -2.26. The molecule has 4 unspecified atom stereocenters. The summed E-state index contributed by atoms with van der Waals surface area (Å²) in [5.74, 6) is 1.98. The van der Waals surface area contributed by atoms with Crippen molar-refractivity contribution in [2.75, 3.05) is 13.2 Å². The molecule has 0 heterocycles. The normalized spacial score (nSPS) is 30.4. The number of carbonyl (C=O) groups excluding carboxylic acids is 1. The van der Waals surface area contributed by atoms with Gasteiger partial charge in [0, 0.05) is 10.5 Å². The van der Waals surface area contributed by atoms with Crippen molar-refractivity contribution in [3.63, 3.8) is 0 Å². The number of hydrogen-bond acceptors (Lipinski definition) is 3. The van der Waals surface area contributed by atoms with Gasteiger partial charge in [0.1, 0.15) is 12.4 Å². The van der Waals surface area contributed by atoms with Crippen LogP contribution in [0.5, 0.6) is 5.75 Å². The first-order valence-electron chi connectivity index (χ1n) is 7.57. The maximum absolute atomic E-state index is 12.2. The van der Waals surface area contributed by atoms with Gasteiger partial charge in [-0.3, -0.25) is 4.79 Å². The van der Waals surface area contributed by atoms with Crippen LogP contribution in [0.1, 0.15) is 19.3 Å². The van der Waals surface area contributed by atoms with E-state index >= 15 is 0 Å². The first-order chi connectivity index (χ1) is 10.1. The summed E-state index contributed by atoms with van der Waals surface area (Å²) >= 11 is 3.38. The van der Waals surface area contributed by atoms with Gasteiger partial charge in [-0.1, -0.05) is 15.9 Å². The molecule has 5 heteroatoms. The Labute approximate surface area is 133 Å². The Morgan fingerprint density at radius 2 is 2.00 bits per heavy atom. The lowest BCUT2D eigenvalue weighted by Crippen LogP contribution is -2.46. The minimum absolute atomic E-state index is 0.0106. The Kier molecular flexibility index (Phi) is 4.50. The van der Waals surface area contributed by atoms with Gasteiger partial charge in [-0.15, -0.1) is 0 Å². The van der Waals surface area contributed by atoms with Crippen molar-refractivity contribution in [2.24, 2.45) is 23.5 Å². The topological polar surface area (TPSA) is 64.4 Å². The number of hydrogen-bond donors (Lipinski definition) is 2. The number of rotatable bonds is 5. The summed E-state index contributed by atoms with van der Waals surface area (Å²) in [6, 6.07) is 7.72. The average molecular weight is 353 g/mol. The van der Waals surface area contributed by atoms with Gasteiger partial charge in [0.25, 0.3) is 0 Å². The van der Waals surface area contributed by atoms with Crippen LogP contribution in [0.3, 0.4) is 0 Å². The van der Waals surface area contributed by atoms with E-state index in [-0.39, 0.29) is 17.9 Å². The van der Waals surface area contributed by atoms with E-state index in [9.17, 15) is 4.79 Å². The highest BCUT2D eigenvalue weighted by molar-refractivity contribution is 9.10. The van der Waals surface area contributed by atoms with Crippen LogP contribution in [0.25, 0.3) is 0 Å². The third-order valence-corrected chi connectivity index (χ3v) is 5.30. The molecule has 0 radical (unpaired) electrons. The zero-order valence-corrected chi connectivity index (χ0v) is 13.5. The molecule has 0 aliphatic heterocycles. The standard InChI is InChI=1S/C16H21BrN2O2/c17-12-3-5-13(6-4-12)21-8-7-19-16(20)14-10-1-2-11(9-10)15(14)18/h3-6,10-11,14-15H,1-2,7-9,18H2,(H,19,20). The number of nitrogens with two attached hydrogens (primary N) is 1. The molecule has 2 fully saturated rings. The molecule has 0 spiro atoms. The molecule has 2 aliphatic rings. The minimum atomic E-state index is 0.0106. The summed E-state index contributed by atoms with van der Waals surface area (Å²) in [5.41, 5.74) is 6.18. The summed E-state index contributed by atoms with van der Waals surface area (Å²) in [5, 5.41) is 2.97. The van der Waals surface area contributed by atoms with E-state index < -0.39 is 0 Å². The van der Waals surface area contributed by atoms with Gasteiger partial charge in [-0.2, -0.15) is 0 Å². The minimum Gasteiger partial charge on any atom is -0.492 e. The Balaban J connectivity index is 1.41. The molecule has 4 atom stereocenters. The Hall–Kier alpha value is -1.07. The maximum Gasteiger partial charge on any atom is 0.225 e. The SMILES string of the molecule is NC1C2CCC(C2)C1C(=O)NCCOc1ccc(Br)cc1. The lowest BCUT2D eigenvalue weighted by molar-refractivity contribution is -0.127. The number of amides is 1. The lowest BCUT2D eigenvalue weighted by atomic mass is 9.84. The van der Waals surface area contributed by atoms with Crippen molar-refractivity contribution < 1.29 is 9.53 Å². The second-order valence-corrected chi connectivity index (χ2v) is 6.95. The molecule has 0 saturated heterocycles. The van der Waals surface area contributed by atoms with Gasteiger partial charge in [-0.25, -0.2) is 0 Å². The molecule has 2 aliphatic carbocycles. The van der Waals surface area contributed by atoms with E-state index in [1.165, 1.54) is 6.42 Å². The van der Waals surface area contributed by atoms with Gasteiger partial charge in [-0.05, 0) is 55.4 Å². The van der Waals surface area contributed by atoms with Crippen LogP contribution in [0.15, 0.2) is 28.7 Å². The highest BCUT2D eigenvalue weighted by Gasteiger charge is 2.48. The van der Waals surface area contributed by atoms with E-state index in [0.29, 0.717) is 25.0 Å². The fourth-order valence-corrected chi connectivity index (χ4v) is 3.98. The van der Waals surface area contributed by atoms with Gasteiger partial charge in [0.15, 0.2) is 0 Å². The predicted molar refractivity (Wildman–Crippen MR) is 84.9 cm³/mol. The highest BCUT2D eigenvalue weighted by atomic mass is 79.9. The number of benzene rings is 1. The van der Waals surface area contributed by atoms with Crippen molar-refractivity contribution in [2.45, 2.75) is 25.3 Å². The van der Waals surface area contributed by atoms with Crippen molar-refractivity contribution in [3.05, 3.63) is 28.7 Å². The molecule has 3 rings (SSSR count). The number of fused-ring (bicyclic) bond motifs is 2. The van der Waals surface area contributed by atoms with Crippen molar-refractivity contribution >= 4 is 21.8 Å². The number of carbonyl (C=O) groups is 1. The van der Waals surface area contributed by atoms with E-state index in [1.807, 2.05) is 24.3 Å². The molecule has 3 N–H and O–H groups in total. The van der Waals surface area contributed by atoms with Crippen molar-refractivity contribution in [1.29, 1.82) is 0 Å². The number of halogens is 1. The number of nitrogens with one attached hydrogen (secondary N) is 1. The summed E-state index contributed by atoms with van der Waals surface area (Å²) < 4.78 is 6.62. The fourth-order valence-electron chi connectivity index (χ4n) is 3.72. The summed E-state index contributed by atoms with van der Waals surface area (Å²) in [4.78, 5) is 12.2. The monoisotopic (exact) mass is 352 g/mol. The first kappa shape index (κ1) is 14.9. The van der Waals surface area contributed by atoms with Gasteiger partial charge >= 0.3 is 0 Å². The molecule has 0 aromatic heterocycles. The molecular weight excluding hydrogens is 332 g/mol. The van der Waals surface area contributed by atoms with E-state index in [4.69, 9.17) is 10.5 Å². The molecule has 2 bridgehead atoms. The van der Waals surface area contributed by atoms with Crippen LogP contribution < -0.4 is 15.8 Å². The van der Waals surface area contributed by atoms with Crippen LogP contribution in [0.4, 0.5) is 0 Å². The predicted octanol–water partition coefficient (Wildman–Crippen LogP) is 2.32. The van der Waals surface area contributed by atoms with E-state index in [0.717, 1.165) is 23.1 Å². The van der Waals surface area contributed by atoms with Gasteiger partial charge in [0.2, 0.25) is 5.91 Å². The largest absolute Gasteiger partial charge is 0.492 e. The second kappa shape index (κ2) is 6.36. The zero-order valence-electron chi connectivity index (χ0n) is 11.9. The number of ether oxygens (including phenoxy) is 1. The maximum atomic E-state index is 12.2. The van der Waals surface area contributed by atoms with Crippen LogP contribution >= 0.6 is 15.9 Å². The molecule has 2 saturated carbocycles. The average Bonchev–Trinajstić information content (AvgIpc) is 3.06. The Morgan fingerprint density at radius 3 is 2.67 bits per heavy atom. The molecule has 1 aromatic carbocycles. The van der Waals surface area contributed by atoms with E-state index in [1.54, 1.807) is 0 Å². The van der Waals surface area contributed by atoms with Gasteiger partial charge < -0.3 is 15.8 Å². The Morgan fingerprint density at radius 1 is 1.29 bits per heavy atom. The summed E-state index contributed by atoms with van der Waals surface area (Å²) in [6.07, 6.45) is 3.49. The molecule has 1 amide bonds. The third-order valence-electron chi connectivity index (χ3n) is 4.77. The van der Waals surface area contributed by atoms with Crippen molar-refractivity contribution in [3.8, 4) is 5.75 Å². The molecule has 114 valence electrons. The van der Waals surface area contributed by atoms with Crippen LogP contribution in [-0.2, 0) is 4.79 Å². The molecule has 1 aromatic rings. The second-order valence-electron chi connectivity index (χ2n) is 6.03. The Bertz CT molecular complexity index is 504. The van der Waals surface area contributed by atoms with Crippen LogP contribution in [0.2, 0.25) is 0 Å². The molecule has 21 heavy (non-hydrogen) atoms. The highest BCUT2D eigenvalue weighted by Crippen LogP contribution is 2.47. The third kappa shape index (κ3) is 3.24.